The minimum Gasteiger partial charge on any atom is -0.493 e. The van der Waals surface area contributed by atoms with Gasteiger partial charge in [0.2, 0.25) is 5.75 Å². The summed E-state index contributed by atoms with van der Waals surface area (Å²) in [6, 6.07) is 12.8. The molecule has 5 rings (SSSR count). The molecule has 0 N–H and O–H groups in total. The molecule has 2 aromatic carbocycles. The van der Waals surface area contributed by atoms with Gasteiger partial charge in [-0.25, -0.2) is 14.6 Å². The largest absolute Gasteiger partial charge is 0.493 e. The van der Waals surface area contributed by atoms with E-state index < -0.39 is 23.5 Å². The van der Waals surface area contributed by atoms with Crippen LogP contribution in [0.25, 0.3) is 17.4 Å². The Hall–Kier alpha value is -5.10. The quantitative estimate of drug-likeness (QED) is 0.257. The number of ether oxygens (including phenoxy) is 5. The normalized spacial score (nSPS) is 14.5. The summed E-state index contributed by atoms with van der Waals surface area (Å²) in [5.74, 6) is 0.811. The fourth-order valence-corrected chi connectivity index (χ4v) is 6.08. The molecule has 0 saturated carbocycles. The Morgan fingerprint density at radius 1 is 1.00 bits per heavy atom. The summed E-state index contributed by atoms with van der Waals surface area (Å²) < 4.78 is 34.7. The van der Waals surface area contributed by atoms with Crippen LogP contribution in [0.1, 0.15) is 41.6 Å². The molecule has 0 bridgehead atoms. The Bertz CT molecular complexity index is 1940. The number of carbonyl (C=O) groups is 2. The van der Waals surface area contributed by atoms with Gasteiger partial charge in [0.25, 0.3) is 5.56 Å². The van der Waals surface area contributed by atoms with Gasteiger partial charge >= 0.3 is 11.9 Å². The van der Waals surface area contributed by atoms with E-state index in [1.54, 1.807) is 68.5 Å². The molecule has 0 saturated heterocycles. The molecule has 0 aliphatic carbocycles. The Balaban J connectivity index is 1.68. The number of esters is 2. The van der Waals surface area contributed by atoms with Gasteiger partial charge in [-0.2, -0.15) is 0 Å². The van der Waals surface area contributed by atoms with Crippen molar-refractivity contribution in [3.63, 3.8) is 0 Å². The lowest BCUT2D eigenvalue weighted by molar-refractivity contribution is -0.139. The topological polar surface area (TPSA) is 128 Å². The molecule has 228 valence electrons. The molecule has 0 amide bonds. The van der Waals surface area contributed by atoms with Crippen molar-refractivity contribution in [2.45, 2.75) is 19.9 Å². The van der Waals surface area contributed by atoms with Crippen LogP contribution in [0, 0.1) is 0 Å². The van der Waals surface area contributed by atoms with Crippen molar-refractivity contribution in [2.24, 2.45) is 4.99 Å². The maximum absolute atomic E-state index is 14.0. The van der Waals surface area contributed by atoms with Crippen molar-refractivity contribution in [3.8, 4) is 28.6 Å². The number of hydrogen-bond donors (Lipinski definition) is 0. The number of benzene rings is 2. The van der Waals surface area contributed by atoms with Crippen molar-refractivity contribution < 1.29 is 37.7 Å². The van der Waals surface area contributed by atoms with Crippen molar-refractivity contribution >= 4 is 29.4 Å². The number of nitrogens with zero attached hydrogens (tertiary/aromatic N) is 2. The first kappa shape index (κ1) is 30.4. The molecule has 1 aliphatic heterocycles. The summed E-state index contributed by atoms with van der Waals surface area (Å²) in [7, 11) is 5.78. The van der Waals surface area contributed by atoms with Crippen LogP contribution in [0.2, 0.25) is 0 Å². The third-order valence-electron chi connectivity index (χ3n) is 7.02. The van der Waals surface area contributed by atoms with E-state index in [-0.39, 0.29) is 12.2 Å². The first-order valence-electron chi connectivity index (χ1n) is 13.5. The summed E-state index contributed by atoms with van der Waals surface area (Å²) in [4.78, 5) is 44.6. The standard InChI is InChI=1S/C32H30N2O9S/c1-7-42-31(37)26-17(2)33-32-34(27(26)18-14-23(38-3)28(40-5)24(15-18)39-4)29(35)25(44-32)16-19-12-13-22(43-19)20-10-8-9-11-21(20)30(36)41-6/h8-16,27H,7H2,1-6H3/b25-16-/t27-/m0/s1. The van der Waals surface area contributed by atoms with Gasteiger partial charge in [0, 0.05) is 11.6 Å². The van der Waals surface area contributed by atoms with Crippen LogP contribution in [-0.4, -0.2) is 51.6 Å². The van der Waals surface area contributed by atoms with E-state index >= 15 is 0 Å². The van der Waals surface area contributed by atoms with E-state index in [4.69, 9.17) is 28.1 Å². The second-order valence-electron chi connectivity index (χ2n) is 9.50. The van der Waals surface area contributed by atoms with E-state index in [1.807, 2.05) is 0 Å². The number of fused-ring (bicyclic) bond motifs is 1. The molecule has 3 heterocycles. The first-order valence-corrected chi connectivity index (χ1v) is 14.3. The molecular formula is C32H30N2O9S. The summed E-state index contributed by atoms with van der Waals surface area (Å²) in [5, 5.41) is 0. The number of hydrogen-bond acceptors (Lipinski definition) is 11. The average molecular weight is 619 g/mol. The van der Waals surface area contributed by atoms with Crippen molar-refractivity contribution in [1.82, 2.24) is 4.57 Å². The number of furan rings is 1. The fraction of sp³-hybridized carbons (Fsp3) is 0.250. The average Bonchev–Trinajstić information content (AvgIpc) is 3.62. The van der Waals surface area contributed by atoms with Crippen molar-refractivity contribution in [2.75, 3.05) is 35.0 Å². The molecule has 0 radical (unpaired) electrons. The smallest absolute Gasteiger partial charge is 0.338 e. The van der Waals surface area contributed by atoms with E-state index in [1.165, 1.54) is 33.0 Å². The zero-order valence-corrected chi connectivity index (χ0v) is 25.8. The summed E-state index contributed by atoms with van der Waals surface area (Å²) >= 11 is 1.15. The number of rotatable bonds is 9. The summed E-state index contributed by atoms with van der Waals surface area (Å²) in [6.07, 6.45) is 1.60. The maximum Gasteiger partial charge on any atom is 0.338 e. The minimum absolute atomic E-state index is 0.141. The van der Waals surface area contributed by atoms with Crippen LogP contribution < -0.4 is 29.1 Å². The highest BCUT2D eigenvalue weighted by atomic mass is 32.1. The lowest BCUT2D eigenvalue weighted by Crippen LogP contribution is -2.40. The third-order valence-corrected chi connectivity index (χ3v) is 8.00. The maximum atomic E-state index is 14.0. The van der Waals surface area contributed by atoms with Gasteiger partial charge in [0.05, 0.1) is 62.5 Å². The molecule has 1 atom stereocenters. The zero-order chi connectivity index (χ0) is 31.5. The molecule has 0 spiro atoms. The monoisotopic (exact) mass is 618 g/mol. The number of methoxy groups -OCH3 is 4. The number of aromatic nitrogens is 1. The second kappa shape index (κ2) is 12.6. The second-order valence-corrected chi connectivity index (χ2v) is 10.5. The van der Waals surface area contributed by atoms with Gasteiger partial charge in [-0.15, -0.1) is 0 Å². The Labute approximate surface area is 256 Å². The van der Waals surface area contributed by atoms with Crippen LogP contribution in [0.15, 0.2) is 74.0 Å². The van der Waals surface area contributed by atoms with Crippen LogP contribution in [0.5, 0.6) is 17.2 Å². The molecule has 0 fully saturated rings. The lowest BCUT2D eigenvalue weighted by atomic mass is 9.95. The van der Waals surface area contributed by atoms with Crippen LogP contribution >= 0.6 is 11.3 Å². The van der Waals surface area contributed by atoms with Crippen molar-refractivity contribution in [1.29, 1.82) is 0 Å². The molecule has 0 unspecified atom stereocenters. The van der Waals surface area contributed by atoms with Crippen LogP contribution in [0.4, 0.5) is 0 Å². The van der Waals surface area contributed by atoms with Crippen molar-refractivity contribution in [3.05, 3.63) is 96.4 Å². The SMILES string of the molecule is CCOC(=O)C1=C(C)N=c2s/c(=C\c3ccc(-c4ccccc4C(=O)OC)o3)c(=O)n2[C@H]1c1cc(OC)c(OC)c(OC)c1. The Morgan fingerprint density at radius 3 is 2.34 bits per heavy atom. The van der Waals surface area contributed by atoms with E-state index in [0.29, 0.717) is 60.5 Å². The van der Waals surface area contributed by atoms with E-state index in [0.717, 1.165) is 11.3 Å². The van der Waals surface area contributed by atoms with Gasteiger partial charge in [-0.1, -0.05) is 29.5 Å². The van der Waals surface area contributed by atoms with Gasteiger partial charge in [0.15, 0.2) is 16.3 Å². The van der Waals surface area contributed by atoms with Gasteiger partial charge in [-0.05, 0) is 49.7 Å². The van der Waals surface area contributed by atoms with E-state index in [9.17, 15) is 14.4 Å². The fourth-order valence-electron chi connectivity index (χ4n) is 5.06. The minimum atomic E-state index is -0.903. The highest BCUT2D eigenvalue weighted by molar-refractivity contribution is 7.07. The third kappa shape index (κ3) is 5.39. The van der Waals surface area contributed by atoms with Crippen LogP contribution in [0.3, 0.4) is 0 Å². The highest BCUT2D eigenvalue weighted by Crippen LogP contribution is 2.42. The summed E-state index contributed by atoms with van der Waals surface area (Å²) in [6.45, 7) is 3.55. The Kier molecular flexibility index (Phi) is 8.72. The van der Waals surface area contributed by atoms with Crippen LogP contribution in [-0.2, 0) is 14.3 Å². The molecule has 12 heteroatoms. The predicted molar refractivity (Wildman–Crippen MR) is 162 cm³/mol. The first-order chi connectivity index (χ1) is 21.3. The van der Waals surface area contributed by atoms with E-state index in [2.05, 4.69) is 4.99 Å². The number of thiazole rings is 1. The number of allylic oxidation sites excluding steroid dienone is 1. The molecule has 11 nitrogen and oxygen atoms in total. The molecule has 2 aromatic heterocycles. The Morgan fingerprint density at radius 2 is 1.70 bits per heavy atom. The van der Waals surface area contributed by atoms with Gasteiger partial charge in [-0.3, -0.25) is 9.36 Å². The van der Waals surface area contributed by atoms with Gasteiger partial charge < -0.3 is 28.1 Å². The molecular weight excluding hydrogens is 588 g/mol. The number of carbonyl (C=O) groups excluding carboxylic acids is 2. The highest BCUT2D eigenvalue weighted by Gasteiger charge is 2.34. The predicted octanol–water partition coefficient (Wildman–Crippen LogP) is 3.87. The molecule has 44 heavy (non-hydrogen) atoms. The van der Waals surface area contributed by atoms with Gasteiger partial charge in [0.1, 0.15) is 11.5 Å². The zero-order valence-electron chi connectivity index (χ0n) is 25.0. The summed E-state index contributed by atoms with van der Waals surface area (Å²) in [5.41, 5.74) is 1.66. The lowest BCUT2D eigenvalue weighted by Gasteiger charge is -2.26. The molecule has 1 aliphatic rings. The molecule has 4 aromatic rings.